The van der Waals surface area contributed by atoms with E-state index < -0.39 is 0 Å². The van der Waals surface area contributed by atoms with Gasteiger partial charge < -0.3 is 10.2 Å². The van der Waals surface area contributed by atoms with Gasteiger partial charge in [0, 0.05) is 25.7 Å². The van der Waals surface area contributed by atoms with E-state index in [4.69, 9.17) is 0 Å². The molecule has 1 aromatic rings. The van der Waals surface area contributed by atoms with Gasteiger partial charge in [0.15, 0.2) is 0 Å². The van der Waals surface area contributed by atoms with Gasteiger partial charge in [-0.05, 0) is 37.0 Å². The number of rotatable bonds is 4. The van der Waals surface area contributed by atoms with Gasteiger partial charge >= 0.3 is 0 Å². The highest BCUT2D eigenvalue weighted by atomic mass is 15.2. The van der Waals surface area contributed by atoms with Crippen molar-refractivity contribution in [3.05, 3.63) is 18.1 Å². The molecule has 1 aliphatic heterocycles. The summed E-state index contributed by atoms with van der Waals surface area (Å²) in [6.45, 7) is 10.1. The Kier molecular flexibility index (Phi) is 4.16. The third-order valence-electron chi connectivity index (χ3n) is 4.88. The summed E-state index contributed by atoms with van der Waals surface area (Å²) >= 11 is 0. The molecule has 2 aliphatic rings. The average molecular weight is 288 g/mol. The zero-order valence-corrected chi connectivity index (χ0v) is 13.6. The molecule has 0 bridgehead atoms. The first-order valence-electron chi connectivity index (χ1n) is 8.31. The molecular weight excluding hydrogens is 260 g/mol. The van der Waals surface area contributed by atoms with Gasteiger partial charge in [0.25, 0.3) is 0 Å². The van der Waals surface area contributed by atoms with E-state index in [2.05, 4.69) is 41.0 Å². The molecule has 0 spiro atoms. The molecule has 3 rings (SSSR count). The Bertz CT molecular complexity index is 451. The molecule has 0 atom stereocenters. The Morgan fingerprint density at radius 1 is 1.10 bits per heavy atom. The highest BCUT2D eigenvalue weighted by Crippen LogP contribution is 2.35. The third-order valence-corrected chi connectivity index (χ3v) is 4.88. The van der Waals surface area contributed by atoms with Gasteiger partial charge in [0.05, 0.1) is 18.1 Å². The van der Waals surface area contributed by atoms with Crippen molar-refractivity contribution >= 4 is 5.82 Å². The lowest BCUT2D eigenvalue weighted by atomic mass is 9.75. The predicted octanol–water partition coefficient (Wildman–Crippen LogP) is 2.99. The minimum atomic E-state index is 0.427. The van der Waals surface area contributed by atoms with E-state index in [1.807, 2.05) is 12.4 Å². The Hall–Kier alpha value is -1.16. The van der Waals surface area contributed by atoms with E-state index in [1.165, 1.54) is 25.7 Å². The highest BCUT2D eigenvalue weighted by molar-refractivity contribution is 5.36. The van der Waals surface area contributed by atoms with Crippen LogP contribution in [0.1, 0.15) is 52.1 Å². The quantitative estimate of drug-likeness (QED) is 0.925. The first kappa shape index (κ1) is 14.8. The molecule has 1 N–H and O–H groups in total. The fourth-order valence-corrected chi connectivity index (χ4v) is 3.11. The van der Waals surface area contributed by atoms with Crippen molar-refractivity contribution in [1.82, 2.24) is 15.3 Å². The van der Waals surface area contributed by atoms with Gasteiger partial charge in [-0.2, -0.15) is 0 Å². The summed E-state index contributed by atoms with van der Waals surface area (Å²) in [6.07, 6.45) is 9.02. The van der Waals surface area contributed by atoms with Crippen LogP contribution in [0.15, 0.2) is 12.4 Å². The molecule has 21 heavy (non-hydrogen) atoms. The monoisotopic (exact) mass is 288 g/mol. The van der Waals surface area contributed by atoms with Crippen LogP contribution in [0.25, 0.3) is 0 Å². The fraction of sp³-hybridized carbons (Fsp3) is 0.765. The predicted molar refractivity (Wildman–Crippen MR) is 86.3 cm³/mol. The van der Waals surface area contributed by atoms with E-state index in [-0.39, 0.29) is 0 Å². The number of anilines is 1. The van der Waals surface area contributed by atoms with Gasteiger partial charge in [-0.15, -0.1) is 0 Å². The fourth-order valence-electron chi connectivity index (χ4n) is 3.11. The van der Waals surface area contributed by atoms with Crippen molar-refractivity contribution in [2.75, 3.05) is 18.0 Å². The van der Waals surface area contributed by atoms with Crippen LogP contribution >= 0.6 is 0 Å². The van der Waals surface area contributed by atoms with Crippen LogP contribution in [0.2, 0.25) is 0 Å². The molecule has 4 nitrogen and oxygen atoms in total. The second kappa shape index (κ2) is 5.91. The van der Waals surface area contributed by atoms with Crippen LogP contribution in [0.5, 0.6) is 0 Å². The molecule has 0 radical (unpaired) electrons. The lowest BCUT2D eigenvalue weighted by Gasteiger charge is -2.39. The van der Waals surface area contributed by atoms with E-state index in [0.717, 1.165) is 43.1 Å². The zero-order valence-electron chi connectivity index (χ0n) is 13.6. The smallest absolute Gasteiger partial charge is 0.147 e. The molecule has 1 aliphatic carbocycles. The first-order chi connectivity index (χ1) is 10.0. The third kappa shape index (κ3) is 3.94. The highest BCUT2D eigenvalue weighted by Gasteiger charge is 2.29. The van der Waals surface area contributed by atoms with Crippen LogP contribution in [0.4, 0.5) is 5.82 Å². The molecule has 0 unspecified atom stereocenters. The molecule has 0 aromatic carbocycles. The van der Waals surface area contributed by atoms with E-state index in [9.17, 15) is 0 Å². The summed E-state index contributed by atoms with van der Waals surface area (Å²) in [5, 5.41) is 3.48. The lowest BCUT2D eigenvalue weighted by Crippen LogP contribution is -2.38. The second-order valence-electron chi connectivity index (χ2n) is 7.65. The summed E-state index contributed by atoms with van der Waals surface area (Å²) in [6, 6.07) is 0.725. The van der Waals surface area contributed by atoms with Gasteiger partial charge in [0.2, 0.25) is 0 Å². The van der Waals surface area contributed by atoms with Crippen LogP contribution in [-0.2, 0) is 6.54 Å². The maximum atomic E-state index is 4.61. The summed E-state index contributed by atoms with van der Waals surface area (Å²) in [5.41, 5.74) is 1.48. The van der Waals surface area contributed by atoms with Crippen LogP contribution < -0.4 is 10.2 Å². The molecule has 2 fully saturated rings. The van der Waals surface area contributed by atoms with E-state index >= 15 is 0 Å². The van der Waals surface area contributed by atoms with Crippen LogP contribution in [0, 0.1) is 11.3 Å². The van der Waals surface area contributed by atoms with Crippen molar-refractivity contribution in [3.63, 3.8) is 0 Å². The molecule has 1 aromatic heterocycles. The van der Waals surface area contributed by atoms with Gasteiger partial charge in [-0.3, -0.25) is 4.98 Å². The number of hydrogen-bond donors (Lipinski definition) is 1. The minimum absolute atomic E-state index is 0.427. The topological polar surface area (TPSA) is 41.1 Å². The first-order valence-corrected chi connectivity index (χ1v) is 8.31. The van der Waals surface area contributed by atoms with Gasteiger partial charge in [-0.25, -0.2) is 4.98 Å². The van der Waals surface area contributed by atoms with Crippen LogP contribution in [-0.4, -0.2) is 29.1 Å². The normalized spacial score (nSPS) is 20.8. The minimum Gasteiger partial charge on any atom is -0.355 e. The van der Waals surface area contributed by atoms with Gasteiger partial charge in [-0.1, -0.05) is 20.8 Å². The number of hydrogen-bond acceptors (Lipinski definition) is 4. The largest absolute Gasteiger partial charge is 0.355 e. The maximum absolute atomic E-state index is 4.61. The van der Waals surface area contributed by atoms with Crippen molar-refractivity contribution < 1.29 is 0 Å². The second-order valence-corrected chi connectivity index (χ2v) is 7.65. The Balaban J connectivity index is 1.52. The standard InChI is InChI=1S/C17H28N4/c1-17(2,3)13-6-8-21(9-7-13)16-12-19-15(11-20-16)10-18-14-4-5-14/h11-14,18H,4-10H2,1-3H3. The SMILES string of the molecule is CC(C)(C)C1CCN(c2cnc(CNC3CC3)cn2)CC1. The van der Waals surface area contributed by atoms with Crippen molar-refractivity contribution in [2.45, 2.75) is 59.0 Å². The molecule has 116 valence electrons. The summed E-state index contributed by atoms with van der Waals surface area (Å²) < 4.78 is 0. The summed E-state index contributed by atoms with van der Waals surface area (Å²) in [4.78, 5) is 11.5. The number of nitrogens with one attached hydrogen (secondary N) is 1. The number of piperidine rings is 1. The van der Waals surface area contributed by atoms with E-state index in [0.29, 0.717) is 5.41 Å². The van der Waals surface area contributed by atoms with Gasteiger partial charge in [0.1, 0.15) is 5.82 Å². The summed E-state index contributed by atoms with van der Waals surface area (Å²) in [5.74, 6) is 1.86. The molecular formula is C17H28N4. The van der Waals surface area contributed by atoms with E-state index in [1.54, 1.807) is 0 Å². The lowest BCUT2D eigenvalue weighted by molar-refractivity contribution is 0.198. The number of nitrogens with zero attached hydrogens (tertiary/aromatic N) is 3. The summed E-state index contributed by atoms with van der Waals surface area (Å²) in [7, 11) is 0. The maximum Gasteiger partial charge on any atom is 0.147 e. The van der Waals surface area contributed by atoms with Crippen molar-refractivity contribution in [1.29, 1.82) is 0 Å². The molecule has 4 heteroatoms. The molecule has 0 amide bonds. The van der Waals surface area contributed by atoms with Crippen LogP contribution in [0.3, 0.4) is 0 Å². The Morgan fingerprint density at radius 3 is 2.33 bits per heavy atom. The number of aromatic nitrogens is 2. The molecule has 1 saturated heterocycles. The van der Waals surface area contributed by atoms with Crippen molar-refractivity contribution in [2.24, 2.45) is 11.3 Å². The zero-order chi connectivity index (χ0) is 14.9. The Morgan fingerprint density at radius 2 is 1.81 bits per heavy atom. The molecule has 1 saturated carbocycles. The van der Waals surface area contributed by atoms with Crippen molar-refractivity contribution in [3.8, 4) is 0 Å². The molecule has 2 heterocycles. The average Bonchev–Trinajstić information content (AvgIpc) is 3.29. The Labute approximate surface area is 128 Å².